The van der Waals surface area contributed by atoms with E-state index in [1.54, 1.807) is 0 Å². The molecule has 1 aromatic rings. The third-order valence-corrected chi connectivity index (χ3v) is 4.94. The van der Waals surface area contributed by atoms with Crippen molar-refractivity contribution in [3.63, 3.8) is 0 Å². The second-order valence-electron chi connectivity index (χ2n) is 6.60. The van der Waals surface area contributed by atoms with Crippen molar-refractivity contribution in [3.05, 3.63) is 40.4 Å². The van der Waals surface area contributed by atoms with Crippen LogP contribution in [-0.4, -0.2) is 24.1 Å². The Labute approximate surface area is 138 Å². The molecule has 0 bridgehead atoms. The maximum absolute atomic E-state index is 9.15. The molecule has 1 aromatic carbocycles. The first-order valence-corrected chi connectivity index (χ1v) is 8.02. The van der Waals surface area contributed by atoms with E-state index >= 15 is 0 Å². The molecular weight excluding hydrogens is 293 g/mol. The molecule has 0 saturated carbocycles. The molecule has 0 amide bonds. The number of hydrogen-bond acceptors (Lipinski definition) is 4. The van der Waals surface area contributed by atoms with E-state index in [4.69, 9.17) is 14.6 Å². The van der Waals surface area contributed by atoms with E-state index in [1.807, 2.05) is 58.9 Å². The molecule has 2 rings (SSSR count). The van der Waals surface area contributed by atoms with Crippen LogP contribution in [0.4, 0.5) is 0 Å². The number of thiol groups is 1. The van der Waals surface area contributed by atoms with Gasteiger partial charge in [-0.1, -0.05) is 18.2 Å². The van der Waals surface area contributed by atoms with Gasteiger partial charge in [0.2, 0.25) is 0 Å². The molecule has 1 saturated heterocycles. The van der Waals surface area contributed by atoms with Gasteiger partial charge in [0.25, 0.3) is 0 Å². The van der Waals surface area contributed by atoms with Crippen molar-refractivity contribution < 1.29 is 9.31 Å². The Morgan fingerprint density at radius 1 is 1.27 bits per heavy atom. The first-order chi connectivity index (χ1) is 10.2. The standard InChI is InChI=1S/C17H22BNO2S/c1-12-13(7-6-8-14(12)10-19)9-15(11-22)18-20-16(2,3)17(4,5)21-18/h6-9,22H,11H2,1-5H3. The Kier molecular flexibility index (Phi) is 4.77. The van der Waals surface area contributed by atoms with E-state index in [1.165, 1.54) is 0 Å². The van der Waals surface area contributed by atoms with Crippen molar-refractivity contribution in [2.45, 2.75) is 45.8 Å². The fourth-order valence-corrected chi connectivity index (χ4v) is 2.55. The summed E-state index contributed by atoms with van der Waals surface area (Å²) >= 11 is 4.42. The highest BCUT2D eigenvalue weighted by atomic mass is 32.1. The predicted octanol–water partition coefficient (Wildman–Crippen LogP) is 3.81. The molecule has 0 aliphatic carbocycles. The van der Waals surface area contributed by atoms with E-state index in [0.29, 0.717) is 11.3 Å². The fraction of sp³-hybridized carbons (Fsp3) is 0.471. The zero-order chi connectivity index (χ0) is 16.5. The van der Waals surface area contributed by atoms with Crippen molar-refractivity contribution in [3.8, 4) is 6.07 Å². The van der Waals surface area contributed by atoms with E-state index in [9.17, 15) is 0 Å². The Morgan fingerprint density at radius 3 is 2.36 bits per heavy atom. The molecule has 0 spiro atoms. The van der Waals surface area contributed by atoms with Gasteiger partial charge in [-0.05, 0) is 57.3 Å². The van der Waals surface area contributed by atoms with Gasteiger partial charge in [0.1, 0.15) is 0 Å². The van der Waals surface area contributed by atoms with Crippen LogP contribution < -0.4 is 0 Å². The molecule has 0 atom stereocenters. The zero-order valence-corrected chi connectivity index (χ0v) is 14.7. The largest absolute Gasteiger partial charge is 0.491 e. The molecule has 1 aliphatic rings. The van der Waals surface area contributed by atoms with Crippen LogP contribution in [0.5, 0.6) is 0 Å². The number of benzene rings is 1. The first kappa shape index (κ1) is 17.1. The lowest BCUT2D eigenvalue weighted by Gasteiger charge is -2.32. The van der Waals surface area contributed by atoms with Crippen LogP contribution in [0.3, 0.4) is 0 Å². The molecule has 1 aliphatic heterocycles. The maximum atomic E-state index is 9.15. The average molecular weight is 315 g/mol. The molecule has 3 nitrogen and oxygen atoms in total. The van der Waals surface area contributed by atoms with Gasteiger partial charge in [-0.2, -0.15) is 17.9 Å². The Morgan fingerprint density at radius 2 is 1.86 bits per heavy atom. The molecule has 116 valence electrons. The van der Waals surface area contributed by atoms with Gasteiger partial charge >= 0.3 is 7.12 Å². The summed E-state index contributed by atoms with van der Waals surface area (Å²) in [5.74, 6) is 0.535. The van der Waals surface area contributed by atoms with Crippen molar-refractivity contribution in [2.75, 3.05) is 5.75 Å². The second-order valence-corrected chi connectivity index (χ2v) is 6.91. The lowest BCUT2D eigenvalue weighted by atomic mass is 9.78. The predicted molar refractivity (Wildman–Crippen MR) is 93.8 cm³/mol. The molecule has 1 fully saturated rings. The van der Waals surface area contributed by atoms with Gasteiger partial charge in [0.05, 0.1) is 22.8 Å². The summed E-state index contributed by atoms with van der Waals surface area (Å²) in [6.07, 6.45) is 2.02. The molecule has 0 radical (unpaired) electrons. The normalized spacial score (nSPS) is 20.0. The lowest BCUT2D eigenvalue weighted by Crippen LogP contribution is -2.41. The maximum Gasteiger partial charge on any atom is 0.491 e. The number of hydrogen-bond donors (Lipinski definition) is 1. The summed E-state index contributed by atoms with van der Waals surface area (Å²) in [6, 6.07) is 7.91. The van der Waals surface area contributed by atoms with Gasteiger partial charge < -0.3 is 9.31 Å². The van der Waals surface area contributed by atoms with Gasteiger partial charge in [-0.25, -0.2) is 0 Å². The van der Waals surface area contributed by atoms with E-state index < -0.39 is 7.12 Å². The summed E-state index contributed by atoms with van der Waals surface area (Å²) < 4.78 is 12.2. The van der Waals surface area contributed by atoms with Crippen LogP contribution in [0.15, 0.2) is 23.7 Å². The Balaban J connectivity index is 2.37. The van der Waals surface area contributed by atoms with Crippen LogP contribution in [0, 0.1) is 18.3 Å². The monoisotopic (exact) mass is 315 g/mol. The summed E-state index contributed by atoms with van der Waals surface area (Å²) in [7, 11) is -0.410. The smallest absolute Gasteiger partial charge is 0.400 e. The van der Waals surface area contributed by atoms with Gasteiger partial charge in [0, 0.05) is 5.75 Å². The highest BCUT2D eigenvalue weighted by molar-refractivity contribution is 7.80. The molecule has 22 heavy (non-hydrogen) atoms. The minimum Gasteiger partial charge on any atom is -0.400 e. The summed E-state index contributed by atoms with van der Waals surface area (Å²) in [5.41, 5.74) is 2.85. The first-order valence-electron chi connectivity index (χ1n) is 7.38. The van der Waals surface area contributed by atoms with E-state index in [0.717, 1.165) is 16.6 Å². The zero-order valence-electron chi connectivity index (χ0n) is 13.8. The molecular formula is C17H22BNO2S. The highest BCUT2D eigenvalue weighted by Gasteiger charge is 2.52. The van der Waals surface area contributed by atoms with Crippen molar-refractivity contribution in [1.82, 2.24) is 0 Å². The highest BCUT2D eigenvalue weighted by Crippen LogP contribution is 2.39. The lowest BCUT2D eigenvalue weighted by molar-refractivity contribution is 0.00578. The van der Waals surface area contributed by atoms with Crippen LogP contribution in [0.2, 0.25) is 0 Å². The van der Waals surface area contributed by atoms with E-state index in [2.05, 4.69) is 18.7 Å². The van der Waals surface area contributed by atoms with Gasteiger partial charge in [0.15, 0.2) is 0 Å². The third-order valence-electron chi connectivity index (χ3n) is 4.58. The van der Waals surface area contributed by atoms with E-state index in [-0.39, 0.29) is 11.2 Å². The average Bonchev–Trinajstić information content (AvgIpc) is 2.66. The van der Waals surface area contributed by atoms with Crippen LogP contribution >= 0.6 is 12.6 Å². The Hall–Kier alpha value is -1.22. The second kappa shape index (κ2) is 6.12. The summed E-state index contributed by atoms with van der Waals surface area (Å²) in [5, 5.41) is 9.15. The topological polar surface area (TPSA) is 42.2 Å². The molecule has 0 aromatic heterocycles. The number of nitriles is 1. The third kappa shape index (κ3) is 3.10. The van der Waals surface area contributed by atoms with Crippen LogP contribution in [-0.2, 0) is 9.31 Å². The molecule has 0 unspecified atom stereocenters. The van der Waals surface area contributed by atoms with Crippen molar-refractivity contribution in [2.24, 2.45) is 0 Å². The fourth-order valence-electron chi connectivity index (χ4n) is 2.31. The SMILES string of the molecule is Cc1c(C#N)cccc1C=C(CS)B1OC(C)(C)C(C)(C)O1. The quantitative estimate of drug-likeness (QED) is 0.681. The molecule has 1 heterocycles. The van der Waals surface area contributed by atoms with Crippen molar-refractivity contribution in [1.29, 1.82) is 5.26 Å². The molecule has 0 N–H and O–H groups in total. The Bertz CT molecular complexity index is 631. The number of nitrogens with zero attached hydrogens (tertiary/aromatic N) is 1. The minimum atomic E-state index is -0.410. The van der Waals surface area contributed by atoms with Crippen LogP contribution in [0.1, 0.15) is 44.4 Å². The van der Waals surface area contributed by atoms with Crippen LogP contribution in [0.25, 0.3) is 6.08 Å². The summed E-state index contributed by atoms with van der Waals surface area (Å²) in [6.45, 7) is 10.1. The molecule has 5 heteroatoms. The number of rotatable bonds is 3. The van der Waals surface area contributed by atoms with Crippen molar-refractivity contribution >= 4 is 25.8 Å². The van der Waals surface area contributed by atoms with Gasteiger partial charge in [-0.15, -0.1) is 0 Å². The summed E-state index contributed by atoms with van der Waals surface area (Å²) in [4.78, 5) is 0. The van der Waals surface area contributed by atoms with Gasteiger partial charge in [-0.3, -0.25) is 0 Å². The minimum absolute atomic E-state index is 0.372.